The van der Waals surface area contributed by atoms with Gasteiger partial charge in [0.25, 0.3) is 0 Å². The van der Waals surface area contributed by atoms with E-state index in [1.54, 1.807) is 0 Å². The van der Waals surface area contributed by atoms with Crippen LogP contribution < -0.4 is 10.1 Å². The smallest absolute Gasteiger partial charge is 0.152 e. The first-order valence-electron chi connectivity index (χ1n) is 7.00. The fourth-order valence-electron chi connectivity index (χ4n) is 2.48. The molecule has 0 aromatic heterocycles. The van der Waals surface area contributed by atoms with Crippen LogP contribution >= 0.6 is 0 Å². The van der Waals surface area contributed by atoms with Crippen molar-refractivity contribution < 1.29 is 13.2 Å². The van der Waals surface area contributed by atoms with Gasteiger partial charge < -0.3 is 10.1 Å². The molecule has 1 fully saturated rings. The molecular formula is C15H23NO3S. The Morgan fingerprint density at radius 3 is 2.65 bits per heavy atom. The van der Waals surface area contributed by atoms with Gasteiger partial charge in [-0.25, -0.2) is 8.42 Å². The Kier molecular flexibility index (Phi) is 4.39. The second kappa shape index (κ2) is 5.74. The second-order valence-corrected chi connectivity index (χ2v) is 8.21. The Labute approximate surface area is 121 Å². The normalized spacial score (nSPS) is 25.0. The van der Waals surface area contributed by atoms with Crippen LogP contribution in [0.15, 0.2) is 24.3 Å². The number of ether oxygens (including phenoxy) is 1. The number of sulfone groups is 1. The molecule has 0 spiro atoms. The van der Waals surface area contributed by atoms with E-state index in [0.717, 1.165) is 11.3 Å². The molecule has 4 nitrogen and oxygen atoms in total. The van der Waals surface area contributed by atoms with Crippen LogP contribution in [0.25, 0.3) is 0 Å². The van der Waals surface area contributed by atoms with Crippen molar-refractivity contribution in [3.63, 3.8) is 0 Å². The Hall–Kier alpha value is -1.07. The number of nitrogens with one attached hydrogen (secondary N) is 1. The molecule has 20 heavy (non-hydrogen) atoms. The summed E-state index contributed by atoms with van der Waals surface area (Å²) in [6, 6.07) is 7.88. The zero-order valence-corrected chi connectivity index (χ0v) is 13.2. The van der Waals surface area contributed by atoms with E-state index in [0.29, 0.717) is 13.0 Å². The third kappa shape index (κ3) is 3.96. The van der Waals surface area contributed by atoms with Crippen molar-refractivity contribution in [2.24, 2.45) is 0 Å². The Morgan fingerprint density at radius 2 is 2.05 bits per heavy atom. The molecule has 1 aromatic carbocycles. The largest absolute Gasteiger partial charge is 0.491 e. The summed E-state index contributed by atoms with van der Waals surface area (Å²) >= 11 is 0. The fourth-order valence-corrected chi connectivity index (χ4v) is 4.60. The SMILES string of the molecule is CC(C)Oc1ccccc1CNC1(C)CCS(=O)(=O)C1. The van der Waals surface area contributed by atoms with Gasteiger partial charge in [0.2, 0.25) is 0 Å². The molecule has 112 valence electrons. The summed E-state index contributed by atoms with van der Waals surface area (Å²) in [5, 5.41) is 3.38. The lowest BCUT2D eigenvalue weighted by Gasteiger charge is -2.25. The van der Waals surface area contributed by atoms with Crippen LogP contribution in [0.2, 0.25) is 0 Å². The van der Waals surface area contributed by atoms with Crippen LogP contribution in [0.4, 0.5) is 0 Å². The highest BCUT2D eigenvalue weighted by Crippen LogP contribution is 2.25. The lowest BCUT2D eigenvalue weighted by atomic mass is 10.0. The molecule has 1 atom stereocenters. The average Bonchev–Trinajstić information content (AvgIpc) is 2.62. The van der Waals surface area contributed by atoms with Crippen LogP contribution in [0.3, 0.4) is 0 Å². The zero-order chi connectivity index (χ0) is 14.8. The highest BCUT2D eigenvalue weighted by Gasteiger charge is 2.37. The van der Waals surface area contributed by atoms with E-state index in [1.807, 2.05) is 45.0 Å². The number of rotatable bonds is 5. The zero-order valence-electron chi connectivity index (χ0n) is 12.3. The van der Waals surface area contributed by atoms with Crippen molar-refractivity contribution in [3.05, 3.63) is 29.8 Å². The van der Waals surface area contributed by atoms with E-state index in [1.165, 1.54) is 0 Å². The molecule has 1 aromatic rings. The maximum Gasteiger partial charge on any atom is 0.152 e. The van der Waals surface area contributed by atoms with Crippen molar-refractivity contribution >= 4 is 9.84 Å². The molecule has 0 radical (unpaired) electrons. The standard InChI is InChI=1S/C15H23NO3S/c1-12(2)19-14-7-5-4-6-13(14)10-16-15(3)8-9-20(17,18)11-15/h4-7,12,16H,8-11H2,1-3H3. The molecule has 2 rings (SSSR count). The Morgan fingerprint density at radius 1 is 1.35 bits per heavy atom. The van der Waals surface area contributed by atoms with Crippen molar-refractivity contribution in [2.75, 3.05) is 11.5 Å². The predicted octanol–water partition coefficient (Wildman–Crippen LogP) is 2.14. The Balaban J connectivity index is 2.04. The monoisotopic (exact) mass is 297 g/mol. The van der Waals surface area contributed by atoms with Crippen LogP contribution in [0, 0.1) is 0 Å². The summed E-state index contributed by atoms with van der Waals surface area (Å²) in [5.74, 6) is 1.35. The second-order valence-electron chi connectivity index (χ2n) is 6.03. The number of hydrogen-bond acceptors (Lipinski definition) is 4. The van der Waals surface area contributed by atoms with Crippen molar-refractivity contribution in [1.29, 1.82) is 0 Å². The van der Waals surface area contributed by atoms with E-state index >= 15 is 0 Å². The molecule has 0 amide bonds. The summed E-state index contributed by atoms with van der Waals surface area (Å²) in [7, 11) is -2.88. The van der Waals surface area contributed by atoms with Gasteiger partial charge in [0.15, 0.2) is 9.84 Å². The van der Waals surface area contributed by atoms with Crippen molar-refractivity contribution in [2.45, 2.75) is 45.4 Å². The van der Waals surface area contributed by atoms with Gasteiger partial charge in [0.05, 0.1) is 17.6 Å². The van der Waals surface area contributed by atoms with Gasteiger partial charge in [0.1, 0.15) is 5.75 Å². The lowest BCUT2D eigenvalue weighted by Crippen LogP contribution is -2.42. The summed E-state index contributed by atoms with van der Waals surface area (Å²) in [6.07, 6.45) is 0.793. The van der Waals surface area contributed by atoms with Gasteiger partial charge in [0, 0.05) is 17.6 Å². The first kappa shape index (κ1) is 15.3. The first-order valence-corrected chi connectivity index (χ1v) is 8.82. The molecule has 0 saturated carbocycles. The summed E-state index contributed by atoms with van der Waals surface area (Å²) in [5.41, 5.74) is 0.732. The summed E-state index contributed by atoms with van der Waals surface area (Å²) in [6.45, 7) is 6.59. The average molecular weight is 297 g/mol. The van der Waals surface area contributed by atoms with Crippen LogP contribution in [0.1, 0.15) is 32.8 Å². The summed E-state index contributed by atoms with van der Waals surface area (Å²) in [4.78, 5) is 0. The van der Waals surface area contributed by atoms with E-state index in [-0.39, 0.29) is 23.1 Å². The van der Waals surface area contributed by atoms with Gasteiger partial charge in [-0.15, -0.1) is 0 Å². The quantitative estimate of drug-likeness (QED) is 0.904. The third-order valence-electron chi connectivity index (χ3n) is 3.54. The molecule has 1 heterocycles. The van der Waals surface area contributed by atoms with Gasteiger partial charge >= 0.3 is 0 Å². The fraction of sp³-hybridized carbons (Fsp3) is 0.600. The van der Waals surface area contributed by atoms with E-state index < -0.39 is 9.84 Å². The third-order valence-corrected chi connectivity index (χ3v) is 5.45. The summed E-state index contributed by atoms with van der Waals surface area (Å²) < 4.78 is 29.0. The van der Waals surface area contributed by atoms with Crippen LogP contribution in [0.5, 0.6) is 5.75 Å². The number of benzene rings is 1. The highest BCUT2D eigenvalue weighted by atomic mass is 32.2. The van der Waals surface area contributed by atoms with Crippen molar-refractivity contribution in [1.82, 2.24) is 5.32 Å². The molecule has 1 saturated heterocycles. The Bertz CT molecular complexity index is 568. The van der Waals surface area contributed by atoms with Gasteiger partial charge in [-0.05, 0) is 33.3 Å². The number of hydrogen-bond donors (Lipinski definition) is 1. The lowest BCUT2D eigenvalue weighted by molar-refractivity contribution is 0.238. The number of para-hydroxylation sites is 1. The molecule has 1 unspecified atom stereocenters. The van der Waals surface area contributed by atoms with E-state index in [9.17, 15) is 8.42 Å². The topological polar surface area (TPSA) is 55.4 Å². The maximum absolute atomic E-state index is 11.6. The molecule has 1 N–H and O–H groups in total. The van der Waals surface area contributed by atoms with Gasteiger partial charge in [-0.2, -0.15) is 0 Å². The molecule has 0 aliphatic carbocycles. The molecule has 0 bridgehead atoms. The first-order chi connectivity index (χ1) is 9.30. The van der Waals surface area contributed by atoms with E-state index in [4.69, 9.17) is 4.74 Å². The van der Waals surface area contributed by atoms with Crippen LogP contribution in [-0.4, -0.2) is 31.6 Å². The minimum atomic E-state index is -2.88. The minimum Gasteiger partial charge on any atom is -0.491 e. The maximum atomic E-state index is 11.6. The van der Waals surface area contributed by atoms with Gasteiger partial charge in [-0.3, -0.25) is 0 Å². The van der Waals surface area contributed by atoms with Gasteiger partial charge in [-0.1, -0.05) is 18.2 Å². The molecule has 5 heteroatoms. The van der Waals surface area contributed by atoms with Crippen LogP contribution in [-0.2, 0) is 16.4 Å². The predicted molar refractivity (Wildman–Crippen MR) is 80.7 cm³/mol. The molecular weight excluding hydrogens is 274 g/mol. The molecule has 1 aliphatic heterocycles. The molecule has 1 aliphatic rings. The van der Waals surface area contributed by atoms with E-state index in [2.05, 4.69) is 5.32 Å². The van der Waals surface area contributed by atoms with Crippen molar-refractivity contribution in [3.8, 4) is 5.75 Å². The minimum absolute atomic E-state index is 0.124. The highest BCUT2D eigenvalue weighted by molar-refractivity contribution is 7.91.